The fourth-order valence-electron chi connectivity index (χ4n) is 1.33. The number of amides is 1. The van der Waals surface area contributed by atoms with E-state index in [1.807, 2.05) is 0 Å². The van der Waals surface area contributed by atoms with Gasteiger partial charge in [-0.05, 0) is 24.6 Å². The molecule has 0 spiro atoms. The molecule has 0 atom stereocenters. The van der Waals surface area contributed by atoms with Crippen molar-refractivity contribution in [1.29, 1.82) is 0 Å². The van der Waals surface area contributed by atoms with Crippen molar-refractivity contribution in [3.8, 4) is 0 Å². The fourth-order valence-corrected chi connectivity index (χ4v) is 1.51. The largest absolute Gasteiger partial charge is 0.398 e. The topological polar surface area (TPSA) is 55.1 Å². The van der Waals surface area contributed by atoms with Gasteiger partial charge in [-0.2, -0.15) is 13.2 Å². The van der Waals surface area contributed by atoms with Crippen LogP contribution in [0.3, 0.4) is 0 Å². The van der Waals surface area contributed by atoms with Crippen LogP contribution in [0.1, 0.15) is 23.2 Å². The van der Waals surface area contributed by atoms with Crippen LogP contribution < -0.4 is 11.1 Å². The number of rotatable bonds is 4. The van der Waals surface area contributed by atoms with Crippen molar-refractivity contribution in [3.05, 3.63) is 28.8 Å². The average molecular weight is 281 g/mol. The molecule has 0 aliphatic carbocycles. The predicted molar refractivity (Wildman–Crippen MR) is 63.5 cm³/mol. The lowest BCUT2D eigenvalue weighted by atomic mass is 10.1. The third-order valence-corrected chi connectivity index (χ3v) is 2.42. The zero-order valence-electron chi connectivity index (χ0n) is 9.35. The average Bonchev–Trinajstić information content (AvgIpc) is 2.22. The van der Waals surface area contributed by atoms with E-state index >= 15 is 0 Å². The number of benzene rings is 1. The minimum Gasteiger partial charge on any atom is -0.398 e. The molecule has 0 aromatic heterocycles. The SMILES string of the molecule is Nc1cc(Cl)ccc1C(=O)NCCCC(F)(F)F. The molecule has 7 heteroatoms. The van der Waals surface area contributed by atoms with Gasteiger partial charge in [0.15, 0.2) is 0 Å². The second kappa shape index (κ2) is 5.95. The number of hydrogen-bond donors (Lipinski definition) is 2. The van der Waals surface area contributed by atoms with E-state index in [-0.39, 0.29) is 24.2 Å². The Morgan fingerprint density at radius 3 is 2.61 bits per heavy atom. The zero-order chi connectivity index (χ0) is 13.8. The van der Waals surface area contributed by atoms with Crippen LogP contribution in [-0.4, -0.2) is 18.6 Å². The smallest absolute Gasteiger partial charge is 0.389 e. The number of carbonyl (C=O) groups excluding carboxylic acids is 1. The van der Waals surface area contributed by atoms with Gasteiger partial charge in [-0.15, -0.1) is 0 Å². The minimum atomic E-state index is -4.20. The summed E-state index contributed by atoms with van der Waals surface area (Å²) in [7, 11) is 0. The zero-order valence-corrected chi connectivity index (χ0v) is 10.1. The maximum absolute atomic E-state index is 11.9. The van der Waals surface area contributed by atoms with Gasteiger partial charge < -0.3 is 11.1 Å². The first-order valence-corrected chi connectivity index (χ1v) is 5.57. The summed E-state index contributed by atoms with van der Waals surface area (Å²) in [5.74, 6) is -0.508. The molecule has 0 bridgehead atoms. The van der Waals surface area contributed by atoms with Crippen LogP contribution in [0.4, 0.5) is 18.9 Å². The lowest BCUT2D eigenvalue weighted by Gasteiger charge is -2.09. The van der Waals surface area contributed by atoms with Crippen molar-refractivity contribution >= 4 is 23.2 Å². The molecule has 0 saturated heterocycles. The molecule has 1 amide bonds. The lowest BCUT2D eigenvalue weighted by molar-refractivity contribution is -0.135. The maximum atomic E-state index is 11.9. The summed E-state index contributed by atoms with van der Waals surface area (Å²) in [5.41, 5.74) is 5.96. The molecule has 1 rings (SSSR count). The van der Waals surface area contributed by atoms with E-state index < -0.39 is 18.5 Å². The molecule has 0 aliphatic heterocycles. The summed E-state index contributed by atoms with van der Waals surface area (Å²) < 4.78 is 35.6. The van der Waals surface area contributed by atoms with Crippen LogP contribution in [0.2, 0.25) is 5.02 Å². The van der Waals surface area contributed by atoms with E-state index in [1.54, 1.807) is 0 Å². The lowest BCUT2D eigenvalue weighted by Crippen LogP contribution is -2.26. The molecule has 18 heavy (non-hydrogen) atoms. The highest BCUT2D eigenvalue weighted by Gasteiger charge is 2.26. The predicted octanol–water partition coefficient (Wildman–Crippen LogP) is 2.99. The van der Waals surface area contributed by atoms with E-state index in [9.17, 15) is 18.0 Å². The molecular formula is C11H12ClF3N2O. The number of alkyl halides is 3. The standard InChI is InChI=1S/C11H12ClF3N2O/c12-7-2-3-8(9(16)6-7)10(18)17-5-1-4-11(13,14)15/h2-3,6H,1,4-5,16H2,(H,17,18). The third kappa shape index (κ3) is 4.83. The second-order valence-corrected chi connectivity index (χ2v) is 4.14. The Morgan fingerprint density at radius 1 is 1.39 bits per heavy atom. The molecule has 0 fully saturated rings. The summed E-state index contributed by atoms with van der Waals surface area (Å²) in [4.78, 5) is 11.6. The number of nitrogens with one attached hydrogen (secondary N) is 1. The summed E-state index contributed by atoms with van der Waals surface area (Å²) in [5, 5.41) is 2.76. The molecule has 1 aromatic carbocycles. The molecule has 0 saturated carbocycles. The van der Waals surface area contributed by atoms with Crippen molar-refractivity contribution in [2.75, 3.05) is 12.3 Å². The van der Waals surface area contributed by atoms with E-state index in [2.05, 4.69) is 5.32 Å². The van der Waals surface area contributed by atoms with Gasteiger partial charge in [-0.25, -0.2) is 0 Å². The molecule has 0 aliphatic rings. The Morgan fingerprint density at radius 2 is 2.06 bits per heavy atom. The first-order valence-electron chi connectivity index (χ1n) is 5.19. The quantitative estimate of drug-likeness (QED) is 0.658. The van der Waals surface area contributed by atoms with Crippen LogP contribution in [0, 0.1) is 0 Å². The number of nitrogen functional groups attached to an aromatic ring is 1. The Balaban J connectivity index is 2.46. The number of carbonyl (C=O) groups is 1. The van der Waals surface area contributed by atoms with Crippen LogP contribution in [0.5, 0.6) is 0 Å². The number of anilines is 1. The summed E-state index contributed by atoms with van der Waals surface area (Å²) in [6.45, 7) is -0.0551. The summed E-state index contributed by atoms with van der Waals surface area (Å²) in [6.07, 6.45) is -5.30. The number of nitrogens with two attached hydrogens (primary N) is 1. The van der Waals surface area contributed by atoms with Crippen LogP contribution in [0.15, 0.2) is 18.2 Å². The maximum Gasteiger partial charge on any atom is 0.389 e. The van der Waals surface area contributed by atoms with Gasteiger partial charge >= 0.3 is 6.18 Å². The Labute approximate surface area is 107 Å². The molecular weight excluding hydrogens is 269 g/mol. The van der Waals surface area contributed by atoms with E-state index in [0.29, 0.717) is 5.02 Å². The minimum absolute atomic E-state index is 0.0551. The van der Waals surface area contributed by atoms with Crippen LogP contribution in [-0.2, 0) is 0 Å². The highest BCUT2D eigenvalue weighted by Crippen LogP contribution is 2.21. The van der Waals surface area contributed by atoms with Crippen molar-refractivity contribution in [2.45, 2.75) is 19.0 Å². The highest BCUT2D eigenvalue weighted by atomic mass is 35.5. The van der Waals surface area contributed by atoms with Gasteiger partial charge in [0.25, 0.3) is 5.91 Å². The molecule has 3 N–H and O–H groups in total. The van der Waals surface area contributed by atoms with Gasteiger partial charge in [0.05, 0.1) is 5.56 Å². The first-order chi connectivity index (χ1) is 8.29. The molecule has 0 heterocycles. The van der Waals surface area contributed by atoms with Gasteiger partial charge in [-0.3, -0.25) is 4.79 Å². The normalized spacial score (nSPS) is 11.3. The number of hydrogen-bond acceptors (Lipinski definition) is 2. The molecule has 3 nitrogen and oxygen atoms in total. The Hall–Kier alpha value is -1.43. The van der Waals surface area contributed by atoms with Crippen molar-refractivity contribution in [1.82, 2.24) is 5.32 Å². The van der Waals surface area contributed by atoms with Crippen LogP contribution >= 0.6 is 11.6 Å². The van der Waals surface area contributed by atoms with E-state index in [0.717, 1.165) is 0 Å². The van der Waals surface area contributed by atoms with E-state index in [1.165, 1.54) is 18.2 Å². The number of halogens is 4. The van der Waals surface area contributed by atoms with Crippen molar-refractivity contribution < 1.29 is 18.0 Å². The monoisotopic (exact) mass is 280 g/mol. The van der Waals surface area contributed by atoms with Crippen molar-refractivity contribution in [2.24, 2.45) is 0 Å². The Bertz CT molecular complexity index is 435. The third-order valence-electron chi connectivity index (χ3n) is 2.18. The van der Waals surface area contributed by atoms with Crippen LogP contribution in [0.25, 0.3) is 0 Å². The summed E-state index contributed by atoms with van der Waals surface area (Å²) >= 11 is 5.66. The van der Waals surface area contributed by atoms with Gasteiger partial charge in [0, 0.05) is 23.7 Å². The second-order valence-electron chi connectivity index (χ2n) is 3.71. The van der Waals surface area contributed by atoms with E-state index in [4.69, 9.17) is 17.3 Å². The molecule has 100 valence electrons. The van der Waals surface area contributed by atoms with Gasteiger partial charge in [-0.1, -0.05) is 11.6 Å². The van der Waals surface area contributed by atoms with Gasteiger partial charge in [0.1, 0.15) is 0 Å². The van der Waals surface area contributed by atoms with Gasteiger partial charge in [0.2, 0.25) is 0 Å². The first kappa shape index (κ1) is 14.6. The molecule has 0 radical (unpaired) electrons. The highest BCUT2D eigenvalue weighted by molar-refractivity contribution is 6.31. The van der Waals surface area contributed by atoms with Crippen molar-refractivity contribution in [3.63, 3.8) is 0 Å². The molecule has 0 unspecified atom stereocenters. The fraction of sp³-hybridized carbons (Fsp3) is 0.364. The molecule has 1 aromatic rings. The summed E-state index contributed by atoms with van der Waals surface area (Å²) in [6, 6.07) is 4.32. The Kier molecular flexibility index (Phi) is 4.84.